The second-order valence-electron chi connectivity index (χ2n) is 5.97. The zero-order valence-electron chi connectivity index (χ0n) is 11.6. The number of morpholine rings is 1. The fourth-order valence-corrected chi connectivity index (χ4v) is 3.32. The molecule has 3 atom stereocenters. The first-order chi connectivity index (χ1) is 9.22. The van der Waals surface area contributed by atoms with E-state index in [9.17, 15) is 4.79 Å². The fourth-order valence-electron chi connectivity index (χ4n) is 3.32. The van der Waals surface area contributed by atoms with Crippen molar-refractivity contribution < 1.29 is 9.53 Å². The van der Waals surface area contributed by atoms with Crippen LogP contribution in [0.2, 0.25) is 0 Å². The molecule has 6 heteroatoms. The van der Waals surface area contributed by atoms with Gasteiger partial charge in [-0.2, -0.15) is 0 Å². The van der Waals surface area contributed by atoms with Gasteiger partial charge < -0.3 is 25.2 Å². The van der Waals surface area contributed by atoms with Crippen molar-refractivity contribution in [3.63, 3.8) is 0 Å². The molecule has 108 valence electrons. The maximum atomic E-state index is 12.0. The normalized spacial score (nSPS) is 36.8. The summed E-state index contributed by atoms with van der Waals surface area (Å²) in [5.74, 6) is 0.601. The molecule has 3 aliphatic heterocycles. The Morgan fingerprint density at radius 3 is 3.00 bits per heavy atom. The largest absolute Gasteiger partial charge is 0.374 e. The molecule has 0 spiro atoms. The first kappa shape index (κ1) is 13.1. The molecular formula is C13H24N4O2. The molecule has 3 heterocycles. The molecule has 6 nitrogen and oxygen atoms in total. The lowest BCUT2D eigenvalue weighted by atomic mass is 10.00. The van der Waals surface area contributed by atoms with E-state index in [0.717, 1.165) is 39.3 Å². The summed E-state index contributed by atoms with van der Waals surface area (Å²) in [7, 11) is 2.15. The Balaban J connectivity index is 1.51. The highest BCUT2D eigenvalue weighted by Gasteiger charge is 2.37. The Bertz CT molecular complexity index is 333. The average Bonchev–Trinajstić information content (AvgIpc) is 2.98. The number of carbonyl (C=O) groups is 1. The van der Waals surface area contributed by atoms with E-state index in [0.29, 0.717) is 18.5 Å². The van der Waals surface area contributed by atoms with Gasteiger partial charge >= 0.3 is 6.03 Å². The Kier molecular flexibility index (Phi) is 3.91. The molecule has 0 aliphatic carbocycles. The van der Waals surface area contributed by atoms with Crippen LogP contribution in [0.1, 0.15) is 6.42 Å². The molecule has 3 saturated heterocycles. The van der Waals surface area contributed by atoms with Crippen LogP contribution in [0.5, 0.6) is 0 Å². The molecule has 19 heavy (non-hydrogen) atoms. The lowest BCUT2D eigenvalue weighted by molar-refractivity contribution is 0.0143. The van der Waals surface area contributed by atoms with E-state index in [-0.39, 0.29) is 12.1 Å². The number of nitrogens with one attached hydrogen (secondary N) is 2. The van der Waals surface area contributed by atoms with Crippen molar-refractivity contribution in [2.75, 3.05) is 52.9 Å². The minimum atomic E-state index is 0.0775. The molecule has 3 unspecified atom stereocenters. The zero-order chi connectivity index (χ0) is 13.2. The minimum absolute atomic E-state index is 0.0775. The molecule has 0 bridgehead atoms. The van der Waals surface area contributed by atoms with Crippen molar-refractivity contribution in [2.24, 2.45) is 5.92 Å². The van der Waals surface area contributed by atoms with Gasteiger partial charge in [0.15, 0.2) is 0 Å². The van der Waals surface area contributed by atoms with Crippen molar-refractivity contribution in [3.05, 3.63) is 0 Å². The number of carbonyl (C=O) groups excluding carboxylic acids is 1. The second-order valence-corrected chi connectivity index (χ2v) is 5.97. The predicted octanol–water partition coefficient (Wildman–Crippen LogP) is -0.680. The van der Waals surface area contributed by atoms with Crippen molar-refractivity contribution >= 4 is 6.03 Å². The highest BCUT2D eigenvalue weighted by Crippen LogP contribution is 2.22. The molecule has 3 fully saturated rings. The topological polar surface area (TPSA) is 56.8 Å². The van der Waals surface area contributed by atoms with E-state index in [4.69, 9.17) is 4.74 Å². The van der Waals surface area contributed by atoms with Gasteiger partial charge in [0.2, 0.25) is 0 Å². The van der Waals surface area contributed by atoms with E-state index in [1.807, 2.05) is 4.90 Å². The van der Waals surface area contributed by atoms with Crippen LogP contribution in [0, 0.1) is 5.92 Å². The van der Waals surface area contributed by atoms with Crippen LogP contribution in [0.3, 0.4) is 0 Å². The van der Waals surface area contributed by atoms with Crippen LogP contribution in [0.4, 0.5) is 4.79 Å². The summed E-state index contributed by atoms with van der Waals surface area (Å²) in [5.41, 5.74) is 0. The summed E-state index contributed by atoms with van der Waals surface area (Å²) in [6, 6.07) is 0.391. The summed E-state index contributed by atoms with van der Waals surface area (Å²) >= 11 is 0. The highest BCUT2D eigenvalue weighted by atomic mass is 16.5. The summed E-state index contributed by atoms with van der Waals surface area (Å²) in [6.45, 7) is 6.29. The SMILES string of the molecule is CN1CCC(C2CN(CC3CNCCO3)C(=O)N2)C1. The number of nitrogens with zero attached hydrogens (tertiary/aromatic N) is 2. The van der Waals surface area contributed by atoms with Gasteiger partial charge in [0.05, 0.1) is 18.8 Å². The average molecular weight is 268 g/mol. The minimum Gasteiger partial charge on any atom is -0.374 e. The number of amides is 2. The molecule has 2 amide bonds. The number of urea groups is 1. The lowest BCUT2D eigenvalue weighted by Crippen LogP contribution is -2.46. The first-order valence-electron chi connectivity index (χ1n) is 7.28. The lowest BCUT2D eigenvalue weighted by Gasteiger charge is -2.27. The van der Waals surface area contributed by atoms with E-state index in [2.05, 4.69) is 22.6 Å². The van der Waals surface area contributed by atoms with Gasteiger partial charge in [-0.1, -0.05) is 0 Å². The Hall–Kier alpha value is -0.850. The van der Waals surface area contributed by atoms with Gasteiger partial charge in [0.1, 0.15) is 0 Å². The molecule has 0 aromatic carbocycles. The Labute approximate surface area is 114 Å². The molecule has 3 aliphatic rings. The van der Waals surface area contributed by atoms with Gasteiger partial charge in [-0.15, -0.1) is 0 Å². The molecule has 0 aromatic heterocycles. The van der Waals surface area contributed by atoms with E-state index in [1.54, 1.807) is 0 Å². The number of likely N-dealkylation sites (tertiary alicyclic amines) is 1. The maximum absolute atomic E-state index is 12.0. The van der Waals surface area contributed by atoms with Crippen molar-refractivity contribution in [2.45, 2.75) is 18.6 Å². The number of hydrogen-bond acceptors (Lipinski definition) is 4. The van der Waals surface area contributed by atoms with Crippen LogP contribution in [0.15, 0.2) is 0 Å². The van der Waals surface area contributed by atoms with Crippen molar-refractivity contribution in [1.29, 1.82) is 0 Å². The molecule has 2 N–H and O–H groups in total. The van der Waals surface area contributed by atoms with Crippen LogP contribution >= 0.6 is 0 Å². The van der Waals surface area contributed by atoms with E-state index >= 15 is 0 Å². The highest BCUT2D eigenvalue weighted by molar-refractivity contribution is 5.77. The van der Waals surface area contributed by atoms with Gasteiger partial charge in [-0.3, -0.25) is 0 Å². The third-order valence-electron chi connectivity index (χ3n) is 4.44. The molecule has 3 rings (SSSR count). The molecular weight excluding hydrogens is 244 g/mol. The molecule has 0 radical (unpaired) electrons. The van der Waals surface area contributed by atoms with Gasteiger partial charge in [-0.05, 0) is 25.9 Å². The van der Waals surface area contributed by atoms with E-state index < -0.39 is 0 Å². The number of ether oxygens (including phenoxy) is 1. The van der Waals surface area contributed by atoms with Gasteiger partial charge in [-0.25, -0.2) is 4.79 Å². The maximum Gasteiger partial charge on any atom is 0.317 e. The smallest absolute Gasteiger partial charge is 0.317 e. The zero-order valence-corrected chi connectivity index (χ0v) is 11.6. The second kappa shape index (κ2) is 5.64. The summed E-state index contributed by atoms with van der Waals surface area (Å²) in [4.78, 5) is 16.3. The quantitative estimate of drug-likeness (QED) is 0.712. The monoisotopic (exact) mass is 268 g/mol. The Morgan fingerprint density at radius 1 is 1.42 bits per heavy atom. The Morgan fingerprint density at radius 2 is 2.32 bits per heavy atom. The van der Waals surface area contributed by atoms with Gasteiger partial charge in [0, 0.05) is 32.7 Å². The number of hydrogen-bond donors (Lipinski definition) is 2. The predicted molar refractivity (Wildman–Crippen MR) is 72.1 cm³/mol. The van der Waals surface area contributed by atoms with Crippen LogP contribution in [0.25, 0.3) is 0 Å². The third-order valence-corrected chi connectivity index (χ3v) is 4.44. The number of rotatable bonds is 3. The molecule has 0 aromatic rings. The van der Waals surface area contributed by atoms with Crippen LogP contribution in [-0.4, -0.2) is 80.9 Å². The van der Waals surface area contributed by atoms with Crippen molar-refractivity contribution in [3.8, 4) is 0 Å². The standard InChI is InChI=1S/C13H24N4O2/c1-16-4-2-10(7-16)12-9-17(13(18)15-12)8-11-6-14-3-5-19-11/h10-12,14H,2-9H2,1H3,(H,15,18). The van der Waals surface area contributed by atoms with Gasteiger partial charge in [0.25, 0.3) is 0 Å². The summed E-state index contributed by atoms with van der Waals surface area (Å²) in [6.07, 6.45) is 1.33. The first-order valence-corrected chi connectivity index (χ1v) is 7.28. The van der Waals surface area contributed by atoms with Crippen molar-refractivity contribution in [1.82, 2.24) is 20.4 Å². The molecule has 0 saturated carbocycles. The van der Waals surface area contributed by atoms with E-state index in [1.165, 1.54) is 6.42 Å². The third kappa shape index (κ3) is 3.01. The van der Waals surface area contributed by atoms with Crippen LogP contribution in [-0.2, 0) is 4.74 Å². The summed E-state index contributed by atoms with van der Waals surface area (Å²) in [5, 5.41) is 6.45. The summed E-state index contributed by atoms with van der Waals surface area (Å²) < 4.78 is 5.67. The van der Waals surface area contributed by atoms with Crippen LogP contribution < -0.4 is 10.6 Å². The fraction of sp³-hybridized carbons (Fsp3) is 0.923.